The molecule has 0 saturated carbocycles. The molecule has 2 aromatic rings. The van der Waals surface area contributed by atoms with Gasteiger partial charge < -0.3 is 4.57 Å². The number of benzene rings is 1. The van der Waals surface area contributed by atoms with Gasteiger partial charge in [-0.1, -0.05) is 24.3 Å². The van der Waals surface area contributed by atoms with Crippen LogP contribution in [0.5, 0.6) is 0 Å². The zero-order valence-corrected chi connectivity index (χ0v) is 18.7. The molecule has 0 unspecified atom stereocenters. The van der Waals surface area contributed by atoms with Crippen molar-refractivity contribution in [2.24, 2.45) is 18.9 Å². The number of fused-ring (bicyclic) bond motifs is 1. The molecule has 0 N–H and O–H groups in total. The van der Waals surface area contributed by atoms with Gasteiger partial charge in [0, 0.05) is 56.7 Å². The topological polar surface area (TPSA) is 28.5 Å². The normalized spacial score (nSPS) is 24.5. The minimum absolute atomic E-state index is 0. The maximum absolute atomic E-state index is 11.6. The van der Waals surface area contributed by atoms with Gasteiger partial charge in [0.05, 0.1) is 0 Å². The molecule has 28 heavy (non-hydrogen) atoms. The van der Waals surface area contributed by atoms with E-state index in [1.54, 1.807) is 6.92 Å². The number of likely N-dealkylation sites (tertiary alicyclic amines) is 2. The average molecular weight is 424 g/mol. The van der Waals surface area contributed by atoms with Crippen molar-refractivity contribution < 1.29 is 4.79 Å². The molecule has 2 aliphatic rings. The molecule has 4 rings (SSSR count). The molecule has 0 amide bonds. The van der Waals surface area contributed by atoms with Gasteiger partial charge in [-0.3, -0.25) is 14.6 Å². The minimum Gasteiger partial charge on any atom is -0.353 e. The number of nitrogens with zero attached hydrogens (tertiary/aromatic N) is 3. The van der Waals surface area contributed by atoms with Crippen LogP contribution in [0.25, 0.3) is 0 Å². The first-order chi connectivity index (χ1) is 12.4. The van der Waals surface area contributed by atoms with Crippen LogP contribution in [0.1, 0.15) is 40.1 Å². The molecule has 0 radical (unpaired) electrons. The second kappa shape index (κ2) is 9.00. The Kier molecular flexibility index (Phi) is 7.38. The zero-order valence-electron chi connectivity index (χ0n) is 17.1. The first-order valence-corrected chi connectivity index (χ1v) is 9.58. The molecule has 154 valence electrons. The Morgan fingerprint density at radius 2 is 1.82 bits per heavy atom. The van der Waals surface area contributed by atoms with Crippen LogP contribution < -0.4 is 0 Å². The Bertz CT molecular complexity index is 835. The first kappa shape index (κ1) is 23.0. The molecule has 1 aromatic heterocycles. The summed E-state index contributed by atoms with van der Waals surface area (Å²) in [5, 5.41) is 0. The number of hydrogen-bond acceptors (Lipinski definition) is 3. The van der Waals surface area contributed by atoms with Crippen LogP contribution in [0.2, 0.25) is 0 Å². The molecule has 1 aromatic carbocycles. The molecule has 3 heterocycles. The highest BCUT2D eigenvalue weighted by Crippen LogP contribution is 2.45. The van der Waals surface area contributed by atoms with Gasteiger partial charge in [-0.25, -0.2) is 0 Å². The second-order valence-corrected chi connectivity index (χ2v) is 8.25. The lowest BCUT2D eigenvalue weighted by molar-refractivity contribution is 0.101. The fourth-order valence-corrected chi connectivity index (χ4v) is 5.05. The van der Waals surface area contributed by atoms with Crippen molar-refractivity contribution in [2.45, 2.75) is 26.4 Å². The van der Waals surface area contributed by atoms with Gasteiger partial charge in [0.25, 0.3) is 0 Å². The van der Waals surface area contributed by atoms with E-state index in [2.05, 4.69) is 58.7 Å². The summed E-state index contributed by atoms with van der Waals surface area (Å²) in [6.45, 7) is 8.26. The third-order valence-corrected chi connectivity index (χ3v) is 6.38. The summed E-state index contributed by atoms with van der Waals surface area (Å²) < 4.78 is 2.11. The van der Waals surface area contributed by atoms with Crippen molar-refractivity contribution >= 4 is 30.6 Å². The molecule has 3 atom stereocenters. The van der Waals surface area contributed by atoms with Gasteiger partial charge in [-0.15, -0.1) is 24.8 Å². The summed E-state index contributed by atoms with van der Waals surface area (Å²) >= 11 is 0. The number of carbonyl (C=O) groups is 1. The number of carbonyl (C=O) groups excluding carboxylic acids is 1. The maximum atomic E-state index is 11.6. The molecule has 0 aliphatic carbocycles. The summed E-state index contributed by atoms with van der Waals surface area (Å²) in [6, 6.07) is 11.4. The van der Waals surface area contributed by atoms with E-state index in [1.807, 2.05) is 13.2 Å². The lowest BCUT2D eigenvalue weighted by Gasteiger charge is -2.28. The predicted octanol–water partition coefficient (Wildman–Crippen LogP) is 4.11. The van der Waals surface area contributed by atoms with Crippen LogP contribution in [0, 0.1) is 18.8 Å². The third kappa shape index (κ3) is 4.16. The van der Waals surface area contributed by atoms with Crippen LogP contribution in [-0.4, -0.2) is 46.8 Å². The lowest BCUT2D eigenvalue weighted by Crippen LogP contribution is -2.29. The number of Topliss-reactive ketones (excluding diaryl/α,β-unsaturated/α-hetero) is 1. The number of aryl methyl sites for hydroxylation is 2. The molecule has 2 fully saturated rings. The smallest absolute Gasteiger partial charge is 0.161 e. The molecule has 6 heteroatoms. The Balaban J connectivity index is 0.00000140. The molecule has 2 aliphatic heterocycles. The standard InChI is InChI=1S/C22H29N3O.2ClH/c1-15-7-5-6-8-20(15)22-21-14-25(12-18(21)11-24(22)4)13-19-9-17(16(2)26)10-23(19)3;;/h5-10,18,21-22H,11-14H2,1-4H3;2*1H/t18-,21+,22+;;/m0../s1. The largest absolute Gasteiger partial charge is 0.353 e. The Morgan fingerprint density at radius 1 is 1.11 bits per heavy atom. The Hall–Kier alpha value is -1.33. The monoisotopic (exact) mass is 423 g/mol. The lowest BCUT2D eigenvalue weighted by atomic mass is 9.88. The number of ketones is 1. The van der Waals surface area contributed by atoms with Gasteiger partial charge >= 0.3 is 0 Å². The number of halogens is 2. The van der Waals surface area contributed by atoms with Crippen molar-refractivity contribution in [2.75, 3.05) is 26.7 Å². The highest BCUT2D eigenvalue weighted by atomic mass is 35.5. The van der Waals surface area contributed by atoms with Crippen molar-refractivity contribution in [3.05, 3.63) is 58.9 Å². The molecule has 2 saturated heterocycles. The average Bonchev–Trinajstić information content (AvgIpc) is 3.22. The quantitative estimate of drug-likeness (QED) is 0.692. The SMILES string of the molecule is CC(=O)c1cc(CN2C[C@@H]3CN(C)[C@H](c4ccccc4C)[C@@H]3C2)n(C)c1.Cl.Cl. The molecule has 4 nitrogen and oxygen atoms in total. The second-order valence-electron chi connectivity index (χ2n) is 8.25. The van der Waals surface area contributed by atoms with Gasteiger partial charge in [0.1, 0.15) is 0 Å². The van der Waals surface area contributed by atoms with E-state index in [0.717, 1.165) is 31.1 Å². The van der Waals surface area contributed by atoms with Gasteiger partial charge in [0.15, 0.2) is 5.78 Å². The van der Waals surface area contributed by atoms with Crippen molar-refractivity contribution in [3.8, 4) is 0 Å². The van der Waals surface area contributed by atoms with E-state index in [4.69, 9.17) is 0 Å². The van der Waals surface area contributed by atoms with Crippen LogP contribution in [0.3, 0.4) is 0 Å². The highest BCUT2D eigenvalue weighted by Gasteiger charge is 2.46. The molecular formula is C22H31Cl2N3O. The van der Waals surface area contributed by atoms with Crippen LogP contribution in [-0.2, 0) is 13.6 Å². The van der Waals surface area contributed by atoms with E-state index in [0.29, 0.717) is 12.0 Å². The summed E-state index contributed by atoms with van der Waals surface area (Å²) in [7, 11) is 4.32. The van der Waals surface area contributed by atoms with Crippen LogP contribution in [0.15, 0.2) is 36.5 Å². The van der Waals surface area contributed by atoms with Gasteiger partial charge in [-0.05, 0) is 49.9 Å². The summed E-state index contributed by atoms with van der Waals surface area (Å²) in [5.41, 5.74) is 4.94. The Labute approximate surface area is 180 Å². The van der Waals surface area contributed by atoms with E-state index in [1.165, 1.54) is 23.4 Å². The summed E-state index contributed by atoms with van der Waals surface area (Å²) in [6.07, 6.45) is 1.96. The molecule has 0 spiro atoms. The van der Waals surface area contributed by atoms with Crippen LogP contribution >= 0.6 is 24.8 Å². The fourth-order valence-electron chi connectivity index (χ4n) is 5.05. The zero-order chi connectivity index (χ0) is 18.4. The van der Waals surface area contributed by atoms with E-state index in [9.17, 15) is 4.79 Å². The Morgan fingerprint density at radius 3 is 2.46 bits per heavy atom. The van der Waals surface area contributed by atoms with Crippen molar-refractivity contribution in [3.63, 3.8) is 0 Å². The van der Waals surface area contributed by atoms with Crippen LogP contribution in [0.4, 0.5) is 0 Å². The number of aromatic nitrogens is 1. The van der Waals surface area contributed by atoms with Gasteiger partial charge in [0.2, 0.25) is 0 Å². The number of hydrogen-bond donors (Lipinski definition) is 0. The van der Waals surface area contributed by atoms with E-state index in [-0.39, 0.29) is 30.6 Å². The maximum Gasteiger partial charge on any atom is 0.161 e. The third-order valence-electron chi connectivity index (χ3n) is 6.38. The first-order valence-electron chi connectivity index (χ1n) is 9.58. The highest BCUT2D eigenvalue weighted by molar-refractivity contribution is 5.94. The fraction of sp³-hybridized carbons (Fsp3) is 0.500. The van der Waals surface area contributed by atoms with Crippen molar-refractivity contribution in [1.82, 2.24) is 14.4 Å². The molecular weight excluding hydrogens is 393 g/mol. The molecule has 0 bridgehead atoms. The van der Waals surface area contributed by atoms with E-state index < -0.39 is 0 Å². The summed E-state index contributed by atoms with van der Waals surface area (Å²) in [5.74, 6) is 1.57. The number of rotatable bonds is 4. The predicted molar refractivity (Wildman–Crippen MR) is 119 cm³/mol. The van der Waals surface area contributed by atoms with Crippen molar-refractivity contribution in [1.29, 1.82) is 0 Å². The minimum atomic E-state index is 0. The summed E-state index contributed by atoms with van der Waals surface area (Å²) in [4.78, 5) is 16.8. The van der Waals surface area contributed by atoms with E-state index >= 15 is 0 Å². The van der Waals surface area contributed by atoms with Gasteiger partial charge in [-0.2, -0.15) is 0 Å².